The molecule has 1 aliphatic heterocycles. The lowest BCUT2D eigenvalue weighted by molar-refractivity contribution is -0.117. The molecule has 2 rings (SSSR count). The third-order valence-electron chi connectivity index (χ3n) is 3.15. The Balaban J connectivity index is 1.93. The molecule has 0 aliphatic carbocycles. The van der Waals surface area contributed by atoms with E-state index in [1.54, 1.807) is 18.2 Å². The Labute approximate surface area is 129 Å². The van der Waals surface area contributed by atoms with Crippen molar-refractivity contribution in [1.29, 1.82) is 0 Å². The van der Waals surface area contributed by atoms with E-state index < -0.39 is 0 Å². The Bertz CT molecular complexity index is 487. The first-order chi connectivity index (χ1) is 9.44. The highest BCUT2D eigenvalue weighted by molar-refractivity contribution is 8.00. The third kappa shape index (κ3) is 4.30. The summed E-state index contributed by atoms with van der Waals surface area (Å²) in [4.78, 5) is 14.3. The molecule has 1 saturated heterocycles. The van der Waals surface area contributed by atoms with Gasteiger partial charge in [0.05, 0.1) is 17.9 Å². The van der Waals surface area contributed by atoms with E-state index in [4.69, 9.17) is 17.3 Å². The zero-order valence-corrected chi connectivity index (χ0v) is 13.3. The van der Waals surface area contributed by atoms with E-state index in [0.29, 0.717) is 33.4 Å². The number of nitrogens with two attached hydrogens (primary N) is 1. The Morgan fingerprint density at radius 3 is 2.75 bits per heavy atom. The van der Waals surface area contributed by atoms with E-state index in [0.717, 1.165) is 13.1 Å². The number of halogens is 1. The van der Waals surface area contributed by atoms with Crippen molar-refractivity contribution >= 4 is 40.6 Å². The first-order valence-electron chi connectivity index (χ1n) is 6.66. The molecule has 4 nitrogen and oxygen atoms in total. The molecule has 1 amide bonds. The monoisotopic (exact) mass is 313 g/mol. The van der Waals surface area contributed by atoms with Crippen LogP contribution in [0.15, 0.2) is 18.2 Å². The maximum absolute atomic E-state index is 12.1. The van der Waals surface area contributed by atoms with Crippen LogP contribution in [0.4, 0.5) is 11.4 Å². The van der Waals surface area contributed by atoms with Crippen LogP contribution in [0.1, 0.15) is 13.8 Å². The minimum atomic E-state index is -0.0507. The van der Waals surface area contributed by atoms with Gasteiger partial charge in [0.2, 0.25) is 5.91 Å². The van der Waals surface area contributed by atoms with Gasteiger partial charge in [0, 0.05) is 28.6 Å². The number of carbonyl (C=O) groups excluding carboxylic acids is 1. The van der Waals surface area contributed by atoms with E-state index in [1.807, 2.05) is 11.8 Å². The second-order valence-corrected chi connectivity index (χ2v) is 7.55. The molecule has 2 unspecified atom stereocenters. The lowest BCUT2D eigenvalue weighted by Gasteiger charge is -2.34. The summed E-state index contributed by atoms with van der Waals surface area (Å²) >= 11 is 7.88. The van der Waals surface area contributed by atoms with Gasteiger partial charge < -0.3 is 11.1 Å². The van der Waals surface area contributed by atoms with E-state index >= 15 is 0 Å². The van der Waals surface area contributed by atoms with Crippen LogP contribution in [0, 0.1) is 0 Å². The first-order valence-corrected chi connectivity index (χ1v) is 7.99. The molecule has 2 atom stereocenters. The molecule has 1 aromatic rings. The molecule has 0 saturated carbocycles. The number of benzene rings is 1. The van der Waals surface area contributed by atoms with Gasteiger partial charge in [0.1, 0.15) is 0 Å². The van der Waals surface area contributed by atoms with Gasteiger partial charge in [-0.1, -0.05) is 25.4 Å². The third-order valence-corrected chi connectivity index (χ3v) is 4.61. The average Bonchev–Trinajstić information content (AvgIpc) is 2.32. The summed E-state index contributed by atoms with van der Waals surface area (Å²) in [5.74, 6) is -0.0507. The largest absolute Gasteiger partial charge is 0.397 e. The number of anilines is 2. The second kappa shape index (κ2) is 6.70. The summed E-state index contributed by atoms with van der Waals surface area (Å²) in [6, 6.07) is 5.07. The molecule has 0 aromatic heterocycles. The molecule has 0 spiro atoms. The number of carbonyl (C=O) groups is 1. The molecule has 1 fully saturated rings. The van der Waals surface area contributed by atoms with Crippen molar-refractivity contribution in [2.24, 2.45) is 0 Å². The fraction of sp³-hybridized carbons (Fsp3) is 0.500. The number of thioether (sulfide) groups is 1. The number of hydrogen-bond donors (Lipinski definition) is 2. The smallest absolute Gasteiger partial charge is 0.238 e. The number of nitrogens with zero attached hydrogens (tertiary/aromatic N) is 1. The van der Waals surface area contributed by atoms with Crippen LogP contribution in [0.5, 0.6) is 0 Å². The standard InChI is InChI=1S/C14H20ClN3OS/c1-9-6-18(7-10(2)20-9)8-14(19)17-13-5-11(15)3-4-12(13)16/h3-5,9-10H,6-8,16H2,1-2H3,(H,17,19). The fourth-order valence-corrected chi connectivity index (χ4v) is 4.00. The number of hydrogen-bond acceptors (Lipinski definition) is 4. The number of rotatable bonds is 3. The van der Waals surface area contributed by atoms with Gasteiger partial charge in [0.25, 0.3) is 0 Å². The van der Waals surface area contributed by atoms with Crippen LogP contribution in [0.25, 0.3) is 0 Å². The van der Waals surface area contributed by atoms with Crippen molar-refractivity contribution in [2.45, 2.75) is 24.3 Å². The Hall–Kier alpha value is -0.910. The van der Waals surface area contributed by atoms with Gasteiger partial charge in [-0.15, -0.1) is 0 Å². The van der Waals surface area contributed by atoms with Crippen molar-refractivity contribution in [3.63, 3.8) is 0 Å². The zero-order chi connectivity index (χ0) is 14.7. The van der Waals surface area contributed by atoms with Crippen LogP contribution in [0.2, 0.25) is 5.02 Å². The predicted molar refractivity (Wildman–Crippen MR) is 87.4 cm³/mol. The van der Waals surface area contributed by atoms with Crippen molar-refractivity contribution in [3.8, 4) is 0 Å². The SMILES string of the molecule is CC1CN(CC(=O)Nc2cc(Cl)ccc2N)CC(C)S1. The Morgan fingerprint density at radius 1 is 1.45 bits per heavy atom. The van der Waals surface area contributed by atoms with Crippen LogP contribution in [-0.2, 0) is 4.79 Å². The molecule has 0 bridgehead atoms. The summed E-state index contributed by atoms with van der Waals surface area (Å²) in [6.45, 7) is 6.66. The highest BCUT2D eigenvalue weighted by Gasteiger charge is 2.23. The molecule has 1 heterocycles. The van der Waals surface area contributed by atoms with Crippen LogP contribution < -0.4 is 11.1 Å². The zero-order valence-electron chi connectivity index (χ0n) is 11.7. The molecule has 20 heavy (non-hydrogen) atoms. The molecule has 0 radical (unpaired) electrons. The van der Waals surface area contributed by atoms with E-state index in [2.05, 4.69) is 24.1 Å². The summed E-state index contributed by atoms with van der Waals surface area (Å²) in [5, 5.41) is 4.51. The maximum atomic E-state index is 12.1. The first kappa shape index (κ1) is 15.5. The normalized spacial score (nSPS) is 23.6. The van der Waals surface area contributed by atoms with Gasteiger partial charge >= 0.3 is 0 Å². The van der Waals surface area contributed by atoms with Crippen LogP contribution in [0.3, 0.4) is 0 Å². The van der Waals surface area contributed by atoms with Crippen molar-refractivity contribution in [1.82, 2.24) is 4.90 Å². The van der Waals surface area contributed by atoms with Gasteiger partial charge in [-0.25, -0.2) is 0 Å². The van der Waals surface area contributed by atoms with Gasteiger partial charge in [-0.2, -0.15) is 11.8 Å². The lowest BCUT2D eigenvalue weighted by Crippen LogP contribution is -2.44. The van der Waals surface area contributed by atoms with Crippen LogP contribution in [-0.4, -0.2) is 40.9 Å². The minimum absolute atomic E-state index is 0.0507. The average molecular weight is 314 g/mol. The molecule has 1 aliphatic rings. The predicted octanol–water partition coefficient (Wildman–Crippen LogP) is 2.69. The molecule has 1 aromatic carbocycles. The highest BCUT2D eigenvalue weighted by atomic mass is 35.5. The van der Waals surface area contributed by atoms with E-state index in [9.17, 15) is 4.79 Å². The number of nitrogens with one attached hydrogen (secondary N) is 1. The second-order valence-electron chi connectivity index (χ2n) is 5.23. The summed E-state index contributed by atoms with van der Waals surface area (Å²) in [6.07, 6.45) is 0. The summed E-state index contributed by atoms with van der Waals surface area (Å²) < 4.78 is 0. The minimum Gasteiger partial charge on any atom is -0.397 e. The Kier molecular flexibility index (Phi) is 5.18. The molecular weight excluding hydrogens is 294 g/mol. The summed E-state index contributed by atoms with van der Waals surface area (Å²) in [5.41, 5.74) is 6.93. The van der Waals surface area contributed by atoms with Crippen LogP contribution >= 0.6 is 23.4 Å². The van der Waals surface area contributed by atoms with Crippen molar-refractivity contribution < 1.29 is 4.79 Å². The van der Waals surface area contributed by atoms with Gasteiger partial charge in [-0.3, -0.25) is 9.69 Å². The molecule has 110 valence electrons. The topological polar surface area (TPSA) is 58.4 Å². The molecule has 6 heteroatoms. The van der Waals surface area contributed by atoms with Gasteiger partial charge in [-0.05, 0) is 18.2 Å². The number of nitrogen functional groups attached to an aromatic ring is 1. The van der Waals surface area contributed by atoms with E-state index in [-0.39, 0.29) is 5.91 Å². The molecule has 3 N–H and O–H groups in total. The van der Waals surface area contributed by atoms with Crippen molar-refractivity contribution in [2.75, 3.05) is 30.7 Å². The lowest BCUT2D eigenvalue weighted by atomic mass is 10.2. The maximum Gasteiger partial charge on any atom is 0.238 e. The summed E-state index contributed by atoms with van der Waals surface area (Å²) in [7, 11) is 0. The van der Waals surface area contributed by atoms with Crippen molar-refractivity contribution in [3.05, 3.63) is 23.2 Å². The fourth-order valence-electron chi connectivity index (χ4n) is 2.44. The quantitative estimate of drug-likeness (QED) is 0.842. The highest BCUT2D eigenvalue weighted by Crippen LogP contribution is 2.25. The molecular formula is C14H20ClN3OS. The Morgan fingerprint density at radius 2 is 2.10 bits per heavy atom. The van der Waals surface area contributed by atoms with E-state index in [1.165, 1.54) is 0 Å². The number of amides is 1. The van der Waals surface area contributed by atoms with Gasteiger partial charge in [0.15, 0.2) is 0 Å².